The van der Waals surface area contributed by atoms with E-state index < -0.39 is 0 Å². The molecule has 1 unspecified atom stereocenters. The van der Waals surface area contributed by atoms with E-state index in [0.717, 1.165) is 31.2 Å². The molecule has 2 rings (SSSR count). The van der Waals surface area contributed by atoms with Gasteiger partial charge in [0.1, 0.15) is 0 Å². The summed E-state index contributed by atoms with van der Waals surface area (Å²) in [6.45, 7) is 8.39. The number of aromatic nitrogens is 2. The Kier molecular flexibility index (Phi) is 8.20. The molecule has 1 fully saturated rings. The molecular formula is C16H30IN5S. The highest BCUT2D eigenvalue weighted by Gasteiger charge is 2.29. The van der Waals surface area contributed by atoms with Gasteiger partial charge in [0.05, 0.1) is 5.69 Å². The summed E-state index contributed by atoms with van der Waals surface area (Å²) in [7, 11) is 3.83. The predicted octanol–water partition coefficient (Wildman–Crippen LogP) is 2.65. The number of aryl methyl sites for hydroxylation is 2. The summed E-state index contributed by atoms with van der Waals surface area (Å²) < 4.78 is 2.31. The summed E-state index contributed by atoms with van der Waals surface area (Å²) in [5.41, 5.74) is 3.71. The molecule has 0 spiro atoms. The first-order valence-corrected chi connectivity index (χ1v) is 9.01. The number of halogens is 1. The van der Waals surface area contributed by atoms with Gasteiger partial charge in [0.15, 0.2) is 5.96 Å². The van der Waals surface area contributed by atoms with Crippen LogP contribution in [0.15, 0.2) is 4.99 Å². The van der Waals surface area contributed by atoms with Crippen LogP contribution < -0.4 is 10.6 Å². The van der Waals surface area contributed by atoms with Gasteiger partial charge in [-0.2, -0.15) is 16.9 Å². The molecule has 1 aromatic heterocycles. The van der Waals surface area contributed by atoms with Crippen molar-refractivity contribution in [3.63, 3.8) is 0 Å². The fraction of sp³-hybridized carbons (Fsp3) is 0.750. The van der Waals surface area contributed by atoms with E-state index in [-0.39, 0.29) is 24.0 Å². The Balaban J connectivity index is 0.00000264. The fourth-order valence-electron chi connectivity index (χ4n) is 2.95. The first kappa shape index (κ1) is 20.6. The lowest BCUT2D eigenvalue weighted by Gasteiger charge is -2.24. The minimum absolute atomic E-state index is 0. The highest BCUT2D eigenvalue weighted by molar-refractivity contribution is 14.0. The van der Waals surface area contributed by atoms with E-state index in [4.69, 9.17) is 0 Å². The molecule has 23 heavy (non-hydrogen) atoms. The van der Waals surface area contributed by atoms with Crippen LogP contribution in [0.25, 0.3) is 0 Å². The number of guanidine groups is 1. The molecule has 0 aliphatic carbocycles. The maximum Gasteiger partial charge on any atom is 0.191 e. The van der Waals surface area contributed by atoms with Gasteiger partial charge in [-0.25, -0.2) is 0 Å². The normalized spacial score (nSPS) is 21.2. The Morgan fingerprint density at radius 3 is 2.65 bits per heavy atom. The quantitative estimate of drug-likeness (QED) is 0.411. The van der Waals surface area contributed by atoms with Crippen LogP contribution in [0, 0.1) is 13.8 Å². The Bertz CT molecular complexity index is 535. The predicted molar refractivity (Wildman–Crippen MR) is 111 cm³/mol. The molecule has 0 amide bonds. The van der Waals surface area contributed by atoms with Crippen LogP contribution in [-0.4, -0.2) is 46.4 Å². The van der Waals surface area contributed by atoms with E-state index in [9.17, 15) is 0 Å². The van der Waals surface area contributed by atoms with Crippen molar-refractivity contribution in [3.05, 3.63) is 17.0 Å². The Morgan fingerprint density at radius 2 is 2.13 bits per heavy atom. The SMILES string of the molecule is CN=C(NCCc1c(C)nn(C)c1C)NCC1(C)CCCS1.I. The van der Waals surface area contributed by atoms with Gasteiger partial charge in [-0.1, -0.05) is 0 Å². The number of hydrogen-bond donors (Lipinski definition) is 2. The number of hydrogen-bond acceptors (Lipinski definition) is 3. The number of nitrogens with one attached hydrogen (secondary N) is 2. The van der Waals surface area contributed by atoms with Gasteiger partial charge in [-0.05, 0) is 51.3 Å². The lowest BCUT2D eigenvalue weighted by Crippen LogP contribution is -2.44. The molecule has 1 aliphatic rings. The second kappa shape index (κ2) is 9.15. The smallest absolute Gasteiger partial charge is 0.191 e. The first-order chi connectivity index (χ1) is 10.4. The van der Waals surface area contributed by atoms with Gasteiger partial charge >= 0.3 is 0 Å². The first-order valence-electron chi connectivity index (χ1n) is 8.03. The summed E-state index contributed by atoms with van der Waals surface area (Å²) in [5.74, 6) is 2.18. The summed E-state index contributed by atoms with van der Waals surface area (Å²) >= 11 is 2.07. The highest BCUT2D eigenvalue weighted by Crippen LogP contribution is 2.36. The van der Waals surface area contributed by atoms with Crippen LogP contribution in [0.1, 0.15) is 36.7 Å². The van der Waals surface area contributed by atoms with Gasteiger partial charge in [0.2, 0.25) is 0 Å². The topological polar surface area (TPSA) is 54.2 Å². The minimum Gasteiger partial charge on any atom is -0.356 e. The monoisotopic (exact) mass is 451 g/mol. The van der Waals surface area contributed by atoms with Gasteiger partial charge < -0.3 is 10.6 Å². The van der Waals surface area contributed by atoms with E-state index in [2.05, 4.69) is 53.3 Å². The molecule has 7 heteroatoms. The zero-order chi connectivity index (χ0) is 16.2. The Hall–Kier alpha value is -0.440. The largest absolute Gasteiger partial charge is 0.356 e. The van der Waals surface area contributed by atoms with Crippen molar-refractivity contribution in [3.8, 4) is 0 Å². The van der Waals surface area contributed by atoms with Gasteiger partial charge in [0.25, 0.3) is 0 Å². The lowest BCUT2D eigenvalue weighted by molar-refractivity contribution is 0.584. The van der Waals surface area contributed by atoms with Crippen molar-refractivity contribution in [2.75, 3.05) is 25.9 Å². The molecule has 0 radical (unpaired) electrons. The van der Waals surface area contributed by atoms with Gasteiger partial charge in [0, 0.05) is 37.6 Å². The van der Waals surface area contributed by atoms with E-state index in [1.165, 1.54) is 29.9 Å². The van der Waals surface area contributed by atoms with E-state index in [1.807, 2.05) is 18.8 Å². The van der Waals surface area contributed by atoms with Gasteiger partial charge in [-0.15, -0.1) is 24.0 Å². The molecule has 1 atom stereocenters. The number of nitrogens with zero attached hydrogens (tertiary/aromatic N) is 3. The van der Waals surface area contributed by atoms with E-state index >= 15 is 0 Å². The van der Waals surface area contributed by atoms with Crippen molar-refractivity contribution < 1.29 is 0 Å². The fourth-order valence-corrected chi connectivity index (χ4v) is 4.20. The second-order valence-electron chi connectivity index (χ2n) is 6.28. The maximum atomic E-state index is 4.47. The van der Waals surface area contributed by atoms with E-state index in [1.54, 1.807) is 0 Å². The molecule has 1 saturated heterocycles. The number of rotatable bonds is 5. The van der Waals surface area contributed by atoms with Crippen LogP contribution in [0.2, 0.25) is 0 Å². The Labute approximate surface area is 161 Å². The van der Waals surface area contributed by atoms with Crippen LogP contribution in [0.5, 0.6) is 0 Å². The summed E-state index contributed by atoms with van der Waals surface area (Å²) in [6.07, 6.45) is 3.59. The maximum absolute atomic E-state index is 4.47. The molecule has 0 aromatic carbocycles. The van der Waals surface area contributed by atoms with Crippen LogP contribution in [0.4, 0.5) is 0 Å². The average Bonchev–Trinajstić information content (AvgIpc) is 3.01. The third kappa shape index (κ3) is 5.55. The third-order valence-electron chi connectivity index (χ3n) is 4.48. The molecule has 2 heterocycles. The van der Waals surface area contributed by atoms with Crippen LogP contribution in [0.3, 0.4) is 0 Å². The van der Waals surface area contributed by atoms with Crippen molar-refractivity contribution in [1.29, 1.82) is 0 Å². The van der Waals surface area contributed by atoms with Gasteiger partial charge in [-0.3, -0.25) is 9.67 Å². The summed E-state index contributed by atoms with van der Waals surface area (Å²) in [6, 6.07) is 0. The molecule has 0 saturated carbocycles. The van der Waals surface area contributed by atoms with E-state index in [0.29, 0.717) is 4.75 Å². The standard InChI is InChI=1S/C16H29N5S.HI/c1-12-14(13(2)21(5)20-12)7-9-18-15(17-4)19-11-16(3)8-6-10-22-16;/h6-11H2,1-5H3,(H2,17,18,19);1H. The van der Waals surface area contributed by atoms with Crippen molar-refractivity contribution in [1.82, 2.24) is 20.4 Å². The summed E-state index contributed by atoms with van der Waals surface area (Å²) in [5, 5.41) is 11.4. The van der Waals surface area contributed by atoms with Crippen molar-refractivity contribution >= 4 is 41.7 Å². The molecular weight excluding hydrogens is 421 g/mol. The number of thioether (sulfide) groups is 1. The minimum atomic E-state index is 0. The van der Waals surface area contributed by atoms with Crippen LogP contribution >= 0.6 is 35.7 Å². The van der Waals surface area contributed by atoms with Crippen molar-refractivity contribution in [2.24, 2.45) is 12.0 Å². The second-order valence-corrected chi connectivity index (χ2v) is 7.96. The van der Waals surface area contributed by atoms with Crippen LogP contribution in [-0.2, 0) is 13.5 Å². The molecule has 0 bridgehead atoms. The number of aliphatic imine (C=N–C) groups is 1. The Morgan fingerprint density at radius 1 is 1.39 bits per heavy atom. The summed E-state index contributed by atoms with van der Waals surface area (Å²) in [4.78, 5) is 4.33. The van der Waals surface area contributed by atoms with Crippen molar-refractivity contribution in [2.45, 2.75) is 44.8 Å². The zero-order valence-electron chi connectivity index (χ0n) is 14.9. The molecule has 2 N–H and O–H groups in total. The molecule has 5 nitrogen and oxygen atoms in total. The average molecular weight is 451 g/mol. The lowest BCUT2D eigenvalue weighted by atomic mass is 10.1. The highest BCUT2D eigenvalue weighted by atomic mass is 127. The molecule has 1 aromatic rings. The zero-order valence-corrected chi connectivity index (χ0v) is 18.0. The third-order valence-corrected chi connectivity index (χ3v) is 6.02. The molecule has 132 valence electrons. The molecule has 1 aliphatic heterocycles.